The van der Waals surface area contributed by atoms with E-state index in [9.17, 15) is 13.2 Å². The van der Waals surface area contributed by atoms with Crippen LogP contribution < -0.4 is 4.72 Å². The molecule has 1 aliphatic rings. The third-order valence-electron chi connectivity index (χ3n) is 3.50. The highest BCUT2D eigenvalue weighted by Gasteiger charge is 2.30. The number of ether oxygens (including phenoxy) is 1. The van der Waals surface area contributed by atoms with Crippen molar-refractivity contribution in [2.45, 2.75) is 52.2 Å². The molecule has 0 amide bonds. The Morgan fingerprint density at radius 3 is 2.43 bits per heavy atom. The molecule has 3 atom stereocenters. The minimum atomic E-state index is -3.49. The Labute approximate surface area is 126 Å². The molecule has 0 bridgehead atoms. The van der Waals surface area contributed by atoms with E-state index in [1.165, 1.54) is 4.31 Å². The molecule has 1 fully saturated rings. The summed E-state index contributed by atoms with van der Waals surface area (Å²) in [6, 6.07) is 0. The van der Waals surface area contributed by atoms with Gasteiger partial charge in [-0.2, -0.15) is 12.7 Å². The number of carboxylic acid groups (broad SMARTS) is 1. The van der Waals surface area contributed by atoms with Crippen LogP contribution in [0.4, 0.5) is 0 Å². The average molecular weight is 322 g/mol. The predicted molar refractivity (Wildman–Crippen MR) is 79.2 cm³/mol. The minimum Gasteiger partial charge on any atom is -0.481 e. The van der Waals surface area contributed by atoms with Crippen LogP contribution in [0.2, 0.25) is 0 Å². The fourth-order valence-corrected chi connectivity index (χ4v) is 3.74. The van der Waals surface area contributed by atoms with Crippen LogP contribution in [0.1, 0.15) is 40.0 Å². The smallest absolute Gasteiger partial charge is 0.303 e. The number of hydrogen-bond acceptors (Lipinski definition) is 4. The number of morpholine rings is 1. The van der Waals surface area contributed by atoms with E-state index in [1.807, 2.05) is 20.8 Å². The Kier molecular flexibility index (Phi) is 7.05. The lowest BCUT2D eigenvalue weighted by Crippen LogP contribution is -2.52. The van der Waals surface area contributed by atoms with Crippen molar-refractivity contribution < 1.29 is 23.1 Å². The fraction of sp³-hybridized carbons (Fsp3) is 0.923. The molecular formula is C13H26N2O5S. The first-order valence-corrected chi connectivity index (χ1v) is 8.76. The molecule has 3 unspecified atom stereocenters. The molecule has 1 aliphatic heterocycles. The van der Waals surface area contributed by atoms with E-state index < -0.39 is 16.2 Å². The maximum absolute atomic E-state index is 12.2. The van der Waals surface area contributed by atoms with Crippen LogP contribution in [0.25, 0.3) is 0 Å². The average Bonchev–Trinajstić information content (AvgIpc) is 2.35. The van der Waals surface area contributed by atoms with Gasteiger partial charge in [-0.1, -0.05) is 6.92 Å². The van der Waals surface area contributed by atoms with Crippen LogP contribution in [0.5, 0.6) is 0 Å². The summed E-state index contributed by atoms with van der Waals surface area (Å²) in [4.78, 5) is 10.5. The topological polar surface area (TPSA) is 95.9 Å². The molecule has 21 heavy (non-hydrogen) atoms. The summed E-state index contributed by atoms with van der Waals surface area (Å²) < 4.78 is 33.9. The zero-order valence-electron chi connectivity index (χ0n) is 12.9. The first-order valence-electron chi connectivity index (χ1n) is 7.32. The number of carbonyl (C=O) groups is 1. The largest absolute Gasteiger partial charge is 0.481 e. The number of nitrogens with one attached hydrogen (secondary N) is 1. The molecule has 0 aliphatic carbocycles. The summed E-state index contributed by atoms with van der Waals surface area (Å²) in [7, 11) is -3.49. The predicted octanol–water partition coefficient (Wildman–Crippen LogP) is 0.821. The van der Waals surface area contributed by atoms with Crippen molar-refractivity contribution in [1.29, 1.82) is 0 Å². The lowest BCUT2D eigenvalue weighted by Gasteiger charge is -2.34. The number of hydrogen-bond donors (Lipinski definition) is 2. The van der Waals surface area contributed by atoms with Crippen molar-refractivity contribution in [2.24, 2.45) is 5.92 Å². The van der Waals surface area contributed by atoms with E-state index in [4.69, 9.17) is 9.84 Å². The van der Waals surface area contributed by atoms with Gasteiger partial charge < -0.3 is 9.84 Å². The lowest BCUT2D eigenvalue weighted by molar-refractivity contribution is -0.137. The summed E-state index contributed by atoms with van der Waals surface area (Å²) in [5.74, 6) is -0.648. The second kappa shape index (κ2) is 8.07. The second-order valence-electron chi connectivity index (χ2n) is 5.80. The van der Waals surface area contributed by atoms with Crippen LogP contribution in [-0.2, 0) is 19.7 Å². The Morgan fingerprint density at radius 2 is 1.90 bits per heavy atom. The van der Waals surface area contributed by atoms with Crippen LogP contribution in [0.15, 0.2) is 0 Å². The summed E-state index contributed by atoms with van der Waals surface area (Å²) in [5.41, 5.74) is 0. The molecule has 2 N–H and O–H groups in total. The SMILES string of the molecule is CC(CCNS(=O)(=O)N1CC(C)OC(C)C1)CCC(=O)O. The lowest BCUT2D eigenvalue weighted by atomic mass is 10.0. The standard InChI is InChI=1S/C13H26N2O5S/c1-10(4-5-13(16)17)6-7-14-21(18,19)15-8-11(2)20-12(3)9-15/h10-12,14H,4-9H2,1-3H3,(H,16,17). The van der Waals surface area contributed by atoms with Gasteiger partial charge in [0.25, 0.3) is 10.2 Å². The van der Waals surface area contributed by atoms with Gasteiger partial charge in [0.2, 0.25) is 0 Å². The molecule has 7 nitrogen and oxygen atoms in total. The molecular weight excluding hydrogens is 296 g/mol. The van der Waals surface area contributed by atoms with Gasteiger partial charge in [0, 0.05) is 26.1 Å². The van der Waals surface area contributed by atoms with Crippen LogP contribution in [-0.4, -0.2) is 55.6 Å². The maximum atomic E-state index is 12.2. The molecule has 8 heteroatoms. The summed E-state index contributed by atoms with van der Waals surface area (Å²) in [6.07, 6.45) is 1.08. The van der Waals surface area contributed by atoms with Crippen LogP contribution >= 0.6 is 0 Å². The molecule has 0 aromatic heterocycles. The van der Waals surface area contributed by atoms with Crippen molar-refractivity contribution in [3.63, 3.8) is 0 Å². The Morgan fingerprint density at radius 1 is 1.33 bits per heavy atom. The van der Waals surface area contributed by atoms with Crippen molar-refractivity contribution in [1.82, 2.24) is 9.03 Å². The van der Waals surface area contributed by atoms with E-state index in [0.717, 1.165) is 0 Å². The zero-order valence-corrected chi connectivity index (χ0v) is 13.7. The van der Waals surface area contributed by atoms with E-state index >= 15 is 0 Å². The number of nitrogens with zero attached hydrogens (tertiary/aromatic N) is 1. The van der Waals surface area contributed by atoms with E-state index in [2.05, 4.69) is 4.72 Å². The first-order chi connectivity index (χ1) is 9.70. The second-order valence-corrected chi connectivity index (χ2v) is 7.56. The van der Waals surface area contributed by atoms with Gasteiger partial charge in [0.05, 0.1) is 12.2 Å². The molecule has 0 spiro atoms. The van der Waals surface area contributed by atoms with Gasteiger partial charge in [0.15, 0.2) is 0 Å². The number of carboxylic acids is 1. The van der Waals surface area contributed by atoms with Gasteiger partial charge in [-0.3, -0.25) is 4.79 Å². The van der Waals surface area contributed by atoms with Crippen LogP contribution in [0, 0.1) is 5.92 Å². The summed E-state index contributed by atoms with van der Waals surface area (Å²) >= 11 is 0. The fourth-order valence-electron chi connectivity index (χ4n) is 2.37. The van der Waals surface area contributed by atoms with Gasteiger partial charge in [-0.05, 0) is 32.6 Å². The van der Waals surface area contributed by atoms with Gasteiger partial charge in [-0.15, -0.1) is 0 Å². The first kappa shape index (κ1) is 18.3. The Balaban J connectivity index is 2.37. The number of aliphatic carboxylic acids is 1. The number of rotatable bonds is 8. The highest BCUT2D eigenvalue weighted by molar-refractivity contribution is 7.87. The molecule has 0 radical (unpaired) electrons. The van der Waals surface area contributed by atoms with Gasteiger partial charge in [0.1, 0.15) is 0 Å². The molecule has 124 valence electrons. The zero-order chi connectivity index (χ0) is 16.0. The van der Waals surface area contributed by atoms with E-state index in [0.29, 0.717) is 32.5 Å². The molecule has 0 aromatic rings. The molecule has 0 saturated carbocycles. The Bertz CT molecular complexity index is 430. The monoisotopic (exact) mass is 322 g/mol. The highest BCUT2D eigenvalue weighted by Crippen LogP contribution is 2.14. The third-order valence-corrected chi connectivity index (χ3v) is 5.05. The molecule has 0 aromatic carbocycles. The van der Waals surface area contributed by atoms with E-state index in [-0.39, 0.29) is 24.5 Å². The van der Waals surface area contributed by atoms with Crippen molar-refractivity contribution in [3.8, 4) is 0 Å². The molecule has 1 saturated heterocycles. The Hall–Kier alpha value is -0.700. The van der Waals surface area contributed by atoms with Gasteiger partial charge in [-0.25, -0.2) is 4.72 Å². The quantitative estimate of drug-likeness (QED) is 0.690. The highest BCUT2D eigenvalue weighted by atomic mass is 32.2. The minimum absolute atomic E-state index is 0.111. The third kappa shape index (κ3) is 6.73. The van der Waals surface area contributed by atoms with Crippen LogP contribution in [0.3, 0.4) is 0 Å². The normalized spacial score (nSPS) is 25.7. The van der Waals surface area contributed by atoms with E-state index in [1.54, 1.807) is 0 Å². The summed E-state index contributed by atoms with van der Waals surface area (Å²) in [5, 5.41) is 8.61. The summed E-state index contributed by atoms with van der Waals surface area (Å²) in [6.45, 7) is 6.67. The van der Waals surface area contributed by atoms with Crippen molar-refractivity contribution >= 4 is 16.2 Å². The molecule has 1 heterocycles. The molecule has 1 rings (SSSR count). The van der Waals surface area contributed by atoms with Gasteiger partial charge >= 0.3 is 5.97 Å². The van der Waals surface area contributed by atoms with Crippen molar-refractivity contribution in [3.05, 3.63) is 0 Å². The maximum Gasteiger partial charge on any atom is 0.303 e. The van der Waals surface area contributed by atoms with Crippen molar-refractivity contribution in [2.75, 3.05) is 19.6 Å².